The normalized spacial score (nSPS) is 26.3. The van der Waals surface area contributed by atoms with Crippen molar-refractivity contribution in [2.75, 3.05) is 24.7 Å². The fourth-order valence-electron chi connectivity index (χ4n) is 3.50. The summed E-state index contributed by atoms with van der Waals surface area (Å²) in [4.78, 5) is 16.9. The van der Waals surface area contributed by atoms with Crippen LogP contribution < -0.4 is 4.90 Å². The monoisotopic (exact) mass is 338 g/mol. The molecule has 126 valence electrons. The van der Waals surface area contributed by atoms with Gasteiger partial charge < -0.3 is 9.64 Å². The van der Waals surface area contributed by atoms with E-state index in [0.717, 1.165) is 10.6 Å². The Bertz CT molecular complexity index is 646. The minimum Gasteiger partial charge on any atom is -0.444 e. The smallest absolute Gasteiger partial charge is 0.412 e. The summed E-state index contributed by atoms with van der Waals surface area (Å²) in [5, 5.41) is 0. The molecule has 0 spiro atoms. The SMILES string of the molecule is CSc1ccc2c(c1)[C@]1(F)CCN(C(=O)OC(C)(C)C)[C@@H]1N2C. The molecule has 0 aromatic heterocycles. The van der Waals surface area contributed by atoms with E-state index in [-0.39, 0.29) is 0 Å². The molecular formula is C17H23FN2O2S. The molecule has 2 atom stereocenters. The molecule has 0 radical (unpaired) electrons. The molecule has 0 bridgehead atoms. The number of carbonyl (C=O) groups is 1. The second kappa shape index (κ2) is 5.30. The fourth-order valence-corrected chi connectivity index (χ4v) is 3.94. The number of ether oxygens (including phenoxy) is 1. The van der Waals surface area contributed by atoms with Crippen molar-refractivity contribution in [2.45, 2.75) is 49.5 Å². The zero-order valence-corrected chi connectivity index (χ0v) is 15.0. The maximum Gasteiger partial charge on any atom is 0.412 e. The van der Waals surface area contributed by atoms with Gasteiger partial charge in [-0.25, -0.2) is 9.18 Å². The van der Waals surface area contributed by atoms with Gasteiger partial charge in [-0.15, -0.1) is 11.8 Å². The number of hydrogen-bond acceptors (Lipinski definition) is 4. The number of benzene rings is 1. The largest absolute Gasteiger partial charge is 0.444 e. The maximum absolute atomic E-state index is 15.8. The Labute approximate surface area is 141 Å². The molecule has 1 saturated heterocycles. The van der Waals surface area contributed by atoms with Crippen LogP contribution in [-0.2, 0) is 10.4 Å². The summed E-state index contributed by atoms with van der Waals surface area (Å²) in [5.41, 5.74) is -0.590. The number of thioether (sulfide) groups is 1. The summed E-state index contributed by atoms with van der Waals surface area (Å²) >= 11 is 1.59. The number of rotatable bonds is 1. The molecule has 6 heteroatoms. The van der Waals surface area contributed by atoms with E-state index in [9.17, 15) is 4.79 Å². The molecule has 1 amide bonds. The Morgan fingerprint density at radius 2 is 2.13 bits per heavy atom. The number of fused-ring (bicyclic) bond motifs is 3. The minimum atomic E-state index is -1.53. The van der Waals surface area contributed by atoms with Crippen LogP contribution in [0.3, 0.4) is 0 Å². The summed E-state index contributed by atoms with van der Waals surface area (Å²) in [6.07, 6.45) is 1.19. The van der Waals surface area contributed by atoms with Gasteiger partial charge in [0.05, 0.1) is 0 Å². The van der Waals surface area contributed by atoms with E-state index in [1.165, 1.54) is 4.90 Å². The Morgan fingerprint density at radius 3 is 2.74 bits per heavy atom. The lowest BCUT2D eigenvalue weighted by atomic mass is 9.95. The third-order valence-electron chi connectivity index (χ3n) is 4.45. The van der Waals surface area contributed by atoms with Gasteiger partial charge in [-0.05, 0) is 45.2 Å². The topological polar surface area (TPSA) is 32.8 Å². The van der Waals surface area contributed by atoms with Crippen molar-refractivity contribution >= 4 is 23.5 Å². The lowest BCUT2D eigenvalue weighted by molar-refractivity contribution is 0.0138. The standard InChI is InChI=1S/C17H23FN2O2S/c1-16(2,3)22-15(21)20-9-8-17(18)12-10-11(23-5)6-7-13(12)19(4)14(17)20/h6-7,10,14H,8-9H2,1-5H3/t14-,17+/m0/s1. The van der Waals surface area contributed by atoms with Crippen molar-refractivity contribution < 1.29 is 13.9 Å². The lowest BCUT2D eigenvalue weighted by Gasteiger charge is -2.33. The highest BCUT2D eigenvalue weighted by Gasteiger charge is 2.59. The van der Waals surface area contributed by atoms with Crippen molar-refractivity contribution in [2.24, 2.45) is 0 Å². The summed E-state index contributed by atoms with van der Waals surface area (Å²) in [5.74, 6) is 0. The van der Waals surface area contributed by atoms with Crippen LogP contribution in [0.4, 0.5) is 14.9 Å². The zero-order valence-electron chi connectivity index (χ0n) is 14.2. The highest BCUT2D eigenvalue weighted by Crippen LogP contribution is 2.53. The van der Waals surface area contributed by atoms with Crippen LogP contribution in [0.1, 0.15) is 32.8 Å². The lowest BCUT2D eigenvalue weighted by Crippen LogP contribution is -2.50. The molecule has 2 aliphatic rings. The van der Waals surface area contributed by atoms with E-state index in [4.69, 9.17) is 4.74 Å². The van der Waals surface area contributed by atoms with Gasteiger partial charge in [0, 0.05) is 36.2 Å². The number of halogens is 1. The average Bonchev–Trinajstić information content (AvgIpc) is 2.91. The molecule has 2 aliphatic heterocycles. The Hall–Kier alpha value is -1.43. The van der Waals surface area contributed by atoms with Gasteiger partial charge in [0.2, 0.25) is 0 Å². The van der Waals surface area contributed by atoms with Crippen molar-refractivity contribution in [3.8, 4) is 0 Å². The molecule has 23 heavy (non-hydrogen) atoms. The second-order valence-electron chi connectivity index (χ2n) is 7.15. The van der Waals surface area contributed by atoms with Gasteiger partial charge in [-0.1, -0.05) is 0 Å². The molecule has 1 fully saturated rings. The molecule has 1 aromatic rings. The Balaban J connectivity index is 1.95. The molecule has 4 nitrogen and oxygen atoms in total. The van der Waals surface area contributed by atoms with Gasteiger partial charge in [0.25, 0.3) is 0 Å². The number of alkyl halides is 1. The first kappa shape index (κ1) is 16.4. The molecule has 0 aliphatic carbocycles. The van der Waals surface area contributed by atoms with Crippen LogP contribution in [0.5, 0.6) is 0 Å². The van der Waals surface area contributed by atoms with E-state index in [1.54, 1.807) is 11.8 Å². The first-order valence-electron chi connectivity index (χ1n) is 7.77. The van der Waals surface area contributed by atoms with Crippen LogP contribution in [0.15, 0.2) is 23.1 Å². The van der Waals surface area contributed by atoms with Crippen LogP contribution >= 0.6 is 11.8 Å². The molecule has 0 saturated carbocycles. The van der Waals surface area contributed by atoms with Gasteiger partial charge >= 0.3 is 6.09 Å². The summed E-state index contributed by atoms with van der Waals surface area (Å²) < 4.78 is 21.3. The number of anilines is 1. The number of nitrogens with zero attached hydrogens (tertiary/aromatic N) is 2. The molecule has 3 rings (SSSR count). The number of amides is 1. The van der Waals surface area contributed by atoms with Gasteiger partial charge in [0.15, 0.2) is 5.67 Å². The summed E-state index contributed by atoms with van der Waals surface area (Å²) in [6, 6.07) is 5.84. The van der Waals surface area contributed by atoms with Crippen molar-refractivity contribution in [1.29, 1.82) is 0 Å². The fraction of sp³-hybridized carbons (Fsp3) is 0.588. The molecule has 2 heterocycles. The minimum absolute atomic E-state index is 0.298. The van der Waals surface area contributed by atoms with Gasteiger partial charge in [-0.2, -0.15) is 0 Å². The summed E-state index contributed by atoms with van der Waals surface area (Å²) in [7, 11) is 1.84. The van der Waals surface area contributed by atoms with Crippen molar-refractivity contribution in [3.05, 3.63) is 23.8 Å². The van der Waals surface area contributed by atoms with E-state index in [2.05, 4.69) is 0 Å². The predicted octanol–water partition coefficient (Wildman–Crippen LogP) is 3.99. The van der Waals surface area contributed by atoms with Crippen molar-refractivity contribution in [3.63, 3.8) is 0 Å². The molecular weight excluding hydrogens is 315 g/mol. The predicted molar refractivity (Wildman–Crippen MR) is 90.8 cm³/mol. The second-order valence-corrected chi connectivity index (χ2v) is 8.03. The number of carbonyl (C=O) groups excluding carboxylic acids is 1. The van der Waals surface area contributed by atoms with Gasteiger partial charge in [-0.3, -0.25) is 4.90 Å². The summed E-state index contributed by atoms with van der Waals surface area (Å²) in [6.45, 7) is 5.83. The number of hydrogen-bond donors (Lipinski definition) is 0. The van der Waals surface area contributed by atoms with Gasteiger partial charge in [0.1, 0.15) is 11.8 Å². The maximum atomic E-state index is 15.8. The number of likely N-dealkylation sites (tertiary alicyclic amines) is 1. The van der Waals surface area contributed by atoms with Crippen LogP contribution in [0.2, 0.25) is 0 Å². The van der Waals surface area contributed by atoms with Crippen molar-refractivity contribution in [1.82, 2.24) is 4.90 Å². The average molecular weight is 338 g/mol. The third kappa shape index (κ3) is 2.57. The Kier molecular flexibility index (Phi) is 3.78. The Morgan fingerprint density at radius 1 is 1.43 bits per heavy atom. The first-order chi connectivity index (χ1) is 10.7. The van der Waals surface area contributed by atoms with Crippen LogP contribution in [-0.4, -0.2) is 42.6 Å². The van der Waals surface area contributed by atoms with Crippen LogP contribution in [0.25, 0.3) is 0 Å². The van der Waals surface area contributed by atoms with E-state index < -0.39 is 23.5 Å². The highest BCUT2D eigenvalue weighted by atomic mass is 32.2. The van der Waals surface area contributed by atoms with E-state index in [1.807, 2.05) is 57.2 Å². The quantitative estimate of drug-likeness (QED) is 0.725. The van der Waals surface area contributed by atoms with E-state index in [0.29, 0.717) is 18.5 Å². The molecule has 0 unspecified atom stereocenters. The van der Waals surface area contributed by atoms with E-state index >= 15 is 4.39 Å². The highest BCUT2D eigenvalue weighted by molar-refractivity contribution is 7.98. The number of likely N-dealkylation sites (N-methyl/N-ethyl adjacent to an activating group) is 1. The first-order valence-corrected chi connectivity index (χ1v) is 9.00. The zero-order chi connectivity index (χ0) is 17.0. The molecule has 1 aromatic carbocycles. The molecule has 0 N–H and O–H groups in total. The third-order valence-corrected chi connectivity index (χ3v) is 5.17. The van der Waals surface area contributed by atoms with Crippen LogP contribution in [0, 0.1) is 0 Å².